The van der Waals surface area contributed by atoms with Crippen LogP contribution in [0.25, 0.3) is 0 Å². The molecule has 1 fully saturated rings. The van der Waals surface area contributed by atoms with Crippen molar-refractivity contribution in [3.63, 3.8) is 0 Å². The highest BCUT2D eigenvalue weighted by atomic mass is 16.7. The maximum absolute atomic E-state index is 5.42. The van der Waals surface area contributed by atoms with Crippen molar-refractivity contribution >= 4 is 0 Å². The Labute approximate surface area is 61.5 Å². The summed E-state index contributed by atoms with van der Waals surface area (Å²) in [6.45, 7) is 4.41. The van der Waals surface area contributed by atoms with Crippen molar-refractivity contribution in [3.8, 4) is 12.3 Å². The van der Waals surface area contributed by atoms with Gasteiger partial charge in [0.15, 0.2) is 5.79 Å². The van der Waals surface area contributed by atoms with Crippen LogP contribution in [0, 0.1) is 12.3 Å². The summed E-state index contributed by atoms with van der Waals surface area (Å²) in [5, 5.41) is 0. The first kappa shape index (κ1) is 7.59. The Hall–Kier alpha value is -0.520. The smallest absolute Gasteiger partial charge is 0.163 e. The molecule has 0 unspecified atom stereocenters. The molecule has 1 atom stereocenters. The van der Waals surface area contributed by atoms with Crippen molar-refractivity contribution in [2.75, 3.05) is 6.61 Å². The number of ether oxygens (including phenoxy) is 2. The van der Waals surface area contributed by atoms with E-state index in [-0.39, 0.29) is 6.10 Å². The van der Waals surface area contributed by atoms with Gasteiger partial charge in [-0.15, -0.1) is 12.3 Å². The van der Waals surface area contributed by atoms with Crippen molar-refractivity contribution in [2.45, 2.75) is 32.2 Å². The van der Waals surface area contributed by atoms with Crippen LogP contribution >= 0.6 is 0 Å². The van der Waals surface area contributed by atoms with Crippen molar-refractivity contribution < 1.29 is 9.47 Å². The lowest BCUT2D eigenvalue weighted by atomic mass is 10.3. The average molecular weight is 140 g/mol. The topological polar surface area (TPSA) is 18.5 Å². The van der Waals surface area contributed by atoms with E-state index in [4.69, 9.17) is 15.9 Å². The van der Waals surface area contributed by atoms with Gasteiger partial charge in [0.25, 0.3) is 0 Å². The van der Waals surface area contributed by atoms with E-state index in [0.29, 0.717) is 13.0 Å². The van der Waals surface area contributed by atoms with Crippen molar-refractivity contribution in [1.82, 2.24) is 0 Å². The third-order valence-electron chi connectivity index (χ3n) is 1.41. The van der Waals surface area contributed by atoms with Crippen LogP contribution in [0.2, 0.25) is 0 Å². The van der Waals surface area contributed by atoms with E-state index in [1.807, 2.05) is 13.8 Å². The highest BCUT2D eigenvalue weighted by Gasteiger charge is 2.31. The SMILES string of the molecule is C#CC[C@@H]1COC(C)(C)O1. The second kappa shape index (κ2) is 2.61. The molecular formula is C8H12O2. The second-order valence-corrected chi connectivity index (χ2v) is 2.86. The molecule has 1 heterocycles. The summed E-state index contributed by atoms with van der Waals surface area (Å²) in [4.78, 5) is 0. The molecule has 1 rings (SSSR count). The van der Waals surface area contributed by atoms with Crippen LogP contribution < -0.4 is 0 Å². The molecule has 56 valence electrons. The van der Waals surface area contributed by atoms with Crippen LogP contribution in [0.4, 0.5) is 0 Å². The lowest BCUT2D eigenvalue weighted by Gasteiger charge is -2.15. The molecule has 0 aromatic carbocycles. The van der Waals surface area contributed by atoms with Crippen LogP contribution in [-0.4, -0.2) is 18.5 Å². The summed E-state index contributed by atoms with van der Waals surface area (Å²) in [5.74, 6) is 2.11. The van der Waals surface area contributed by atoms with E-state index in [1.54, 1.807) is 0 Å². The molecule has 0 radical (unpaired) electrons. The van der Waals surface area contributed by atoms with E-state index in [9.17, 15) is 0 Å². The predicted octanol–water partition coefficient (Wildman–Crippen LogP) is 1.16. The summed E-state index contributed by atoms with van der Waals surface area (Å²) < 4.78 is 10.7. The van der Waals surface area contributed by atoms with E-state index >= 15 is 0 Å². The van der Waals surface area contributed by atoms with Gasteiger partial charge in [0.1, 0.15) is 0 Å². The highest BCUT2D eigenvalue weighted by molar-refractivity contribution is 4.89. The molecule has 0 saturated carbocycles. The van der Waals surface area contributed by atoms with Gasteiger partial charge in [-0.05, 0) is 13.8 Å². The largest absolute Gasteiger partial charge is 0.348 e. The van der Waals surface area contributed by atoms with Crippen molar-refractivity contribution in [1.29, 1.82) is 0 Å². The maximum atomic E-state index is 5.42. The van der Waals surface area contributed by atoms with E-state index in [2.05, 4.69) is 5.92 Å². The standard InChI is InChI=1S/C8H12O2/c1-4-5-7-6-9-8(2,3)10-7/h1,7H,5-6H2,2-3H3/t7-/m1/s1. The Morgan fingerprint density at radius 1 is 1.70 bits per heavy atom. The minimum atomic E-state index is -0.429. The molecule has 0 spiro atoms. The molecule has 2 nitrogen and oxygen atoms in total. The second-order valence-electron chi connectivity index (χ2n) is 2.86. The zero-order valence-corrected chi connectivity index (χ0v) is 6.39. The van der Waals surface area contributed by atoms with Crippen molar-refractivity contribution in [2.24, 2.45) is 0 Å². The van der Waals surface area contributed by atoms with E-state index < -0.39 is 5.79 Å². The Balaban J connectivity index is 2.38. The average Bonchev–Trinajstić information content (AvgIpc) is 2.12. The zero-order valence-electron chi connectivity index (χ0n) is 6.39. The summed E-state index contributed by atoms with van der Waals surface area (Å²) in [5.41, 5.74) is 0. The summed E-state index contributed by atoms with van der Waals surface area (Å²) in [6, 6.07) is 0. The number of rotatable bonds is 1. The Bertz CT molecular complexity index is 155. The quantitative estimate of drug-likeness (QED) is 0.509. The van der Waals surface area contributed by atoms with Gasteiger partial charge < -0.3 is 9.47 Å². The summed E-state index contributed by atoms with van der Waals surface area (Å²) in [7, 11) is 0. The lowest BCUT2D eigenvalue weighted by molar-refractivity contribution is -0.137. The fraction of sp³-hybridized carbons (Fsp3) is 0.750. The molecule has 1 saturated heterocycles. The van der Waals surface area contributed by atoms with Crippen molar-refractivity contribution in [3.05, 3.63) is 0 Å². The molecule has 0 amide bonds. The molecule has 0 aromatic rings. The number of hydrogen-bond donors (Lipinski definition) is 0. The molecule has 2 heteroatoms. The van der Waals surface area contributed by atoms with Crippen LogP contribution in [0.5, 0.6) is 0 Å². The molecule has 0 bridgehead atoms. The fourth-order valence-electron chi connectivity index (χ4n) is 0.995. The molecule has 0 N–H and O–H groups in total. The molecule has 1 aliphatic heterocycles. The normalized spacial score (nSPS) is 29.9. The van der Waals surface area contributed by atoms with E-state index in [0.717, 1.165) is 0 Å². The van der Waals surface area contributed by atoms with Gasteiger partial charge in [0.05, 0.1) is 12.7 Å². The van der Waals surface area contributed by atoms with Gasteiger partial charge in [-0.1, -0.05) is 0 Å². The Morgan fingerprint density at radius 2 is 2.40 bits per heavy atom. The summed E-state index contributed by atoms with van der Waals surface area (Å²) >= 11 is 0. The van der Waals surface area contributed by atoms with E-state index in [1.165, 1.54) is 0 Å². The zero-order chi connectivity index (χ0) is 7.61. The molecular weight excluding hydrogens is 128 g/mol. The van der Waals surface area contributed by atoms with Gasteiger partial charge in [-0.2, -0.15) is 0 Å². The van der Waals surface area contributed by atoms with Gasteiger partial charge in [-0.25, -0.2) is 0 Å². The third-order valence-corrected chi connectivity index (χ3v) is 1.41. The van der Waals surface area contributed by atoms with Gasteiger partial charge in [0.2, 0.25) is 0 Å². The van der Waals surface area contributed by atoms with Gasteiger partial charge >= 0.3 is 0 Å². The molecule has 0 aromatic heterocycles. The van der Waals surface area contributed by atoms with Gasteiger partial charge in [0, 0.05) is 6.42 Å². The van der Waals surface area contributed by atoms with Crippen LogP contribution in [0.15, 0.2) is 0 Å². The first-order valence-corrected chi connectivity index (χ1v) is 3.39. The first-order chi connectivity index (χ1) is 4.64. The van der Waals surface area contributed by atoms with Crippen LogP contribution in [0.1, 0.15) is 20.3 Å². The summed E-state index contributed by atoms with van der Waals surface area (Å²) in [6.07, 6.45) is 5.85. The van der Waals surface area contributed by atoms with Gasteiger partial charge in [-0.3, -0.25) is 0 Å². The Morgan fingerprint density at radius 3 is 2.80 bits per heavy atom. The monoisotopic (exact) mass is 140 g/mol. The number of terminal acetylenes is 1. The molecule has 10 heavy (non-hydrogen) atoms. The molecule has 0 aliphatic carbocycles. The lowest BCUT2D eigenvalue weighted by Crippen LogP contribution is -2.21. The highest BCUT2D eigenvalue weighted by Crippen LogP contribution is 2.23. The fourth-order valence-corrected chi connectivity index (χ4v) is 0.995. The maximum Gasteiger partial charge on any atom is 0.163 e. The number of hydrogen-bond acceptors (Lipinski definition) is 2. The first-order valence-electron chi connectivity index (χ1n) is 3.39. The third kappa shape index (κ3) is 1.73. The minimum absolute atomic E-state index is 0.0972. The van der Waals surface area contributed by atoms with Crippen LogP contribution in [0.3, 0.4) is 0 Å². The minimum Gasteiger partial charge on any atom is -0.348 e. The molecule has 1 aliphatic rings. The predicted molar refractivity (Wildman–Crippen MR) is 38.4 cm³/mol. The van der Waals surface area contributed by atoms with Crippen LogP contribution in [-0.2, 0) is 9.47 Å². The Kier molecular flexibility index (Phi) is 1.98.